The van der Waals surface area contributed by atoms with Gasteiger partial charge in [0.1, 0.15) is 5.82 Å². The Morgan fingerprint density at radius 1 is 1.60 bits per heavy atom. The zero-order valence-electron chi connectivity index (χ0n) is 8.76. The first kappa shape index (κ1) is 12.4. The maximum Gasteiger partial charge on any atom is 0.127 e. The van der Waals surface area contributed by atoms with Gasteiger partial charge in [-0.2, -0.15) is 0 Å². The summed E-state index contributed by atoms with van der Waals surface area (Å²) in [5.74, 6) is -0.215. The van der Waals surface area contributed by atoms with Gasteiger partial charge in [0.2, 0.25) is 0 Å². The second-order valence-corrected chi connectivity index (χ2v) is 4.80. The molecular formula is C12H15BrFN. The molecule has 0 amide bonds. The van der Waals surface area contributed by atoms with Crippen LogP contribution in [0.4, 0.5) is 4.39 Å². The van der Waals surface area contributed by atoms with E-state index in [0.717, 1.165) is 4.47 Å². The second kappa shape index (κ2) is 4.90. The quantitative estimate of drug-likeness (QED) is 0.835. The molecule has 15 heavy (non-hydrogen) atoms. The highest BCUT2D eigenvalue weighted by atomic mass is 79.9. The van der Waals surface area contributed by atoms with Crippen LogP contribution in [0.1, 0.15) is 18.9 Å². The topological polar surface area (TPSA) is 26.0 Å². The normalized spacial score (nSPS) is 14.7. The number of benzene rings is 1. The highest BCUT2D eigenvalue weighted by molar-refractivity contribution is 9.10. The third-order valence-corrected chi connectivity index (χ3v) is 3.12. The van der Waals surface area contributed by atoms with Gasteiger partial charge in [0.05, 0.1) is 0 Å². The summed E-state index contributed by atoms with van der Waals surface area (Å²) >= 11 is 3.34. The van der Waals surface area contributed by atoms with E-state index in [2.05, 4.69) is 22.5 Å². The fraction of sp³-hybridized carbons (Fsp3) is 0.333. The van der Waals surface area contributed by atoms with E-state index in [1.54, 1.807) is 18.2 Å². The van der Waals surface area contributed by atoms with Crippen LogP contribution in [0.2, 0.25) is 0 Å². The molecule has 0 aromatic heterocycles. The molecule has 1 nitrogen and oxygen atoms in total. The van der Waals surface area contributed by atoms with Gasteiger partial charge in [-0.15, -0.1) is 6.58 Å². The van der Waals surface area contributed by atoms with Crippen molar-refractivity contribution in [3.8, 4) is 0 Å². The average molecular weight is 272 g/mol. The molecule has 0 aliphatic rings. The van der Waals surface area contributed by atoms with Gasteiger partial charge in [0, 0.05) is 16.4 Å². The Bertz CT molecular complexity index is 365. The molecule has 82 valence electrons. The summed E-state index contributed by atoms with van der Waals surface area (Å²) in [7, 11) is 0. The monoisotopic (exact) mass is 271 g/mol. The van der Waals surface area contributed by atoms with E-state index in [1.807, 2.05) is 6.92 Å². The van der Waals surface area contributed by atoms with Crippen LogP contribution in [-0.2, 0) is 5.41 Å². The summed E-state index contributed by atoms with van der Waals surface area (Å²) in [6.07, 6.45) is 2.43. The zero-order chi connectivity index (χ0) is 11.5. The predicted octanol–water partition coefficient (Wildman–Crippen LogP) is 3.38. The third-order valence-electron chi connectivity index (χ3n) is 2.62. The Morgan fingerprint density at radius 2 is 2.27 bits per heavy atom. The molecule has 2 N–H and O–H groups in total. The van der Waals surface area contributed by atoms with Gasteiger partial charge in [-0.3, -0.25) is 0 Å². The second-order valence-electron chi connectivity index (χ2n) is 3.88. The van der Waals surface area contributed by atoms with Gasteiger partial charge in [-0.05, 0) is 30.2 Å². The van der Waals surface area contributed by atoms with Crippen LogP contribution < -0.4 is 5.73 Å². The van der Waals surface area contributed by atoms with Gasteiger partial charge in [-0.1, -0.05) is 28.9 Å². The lowest BCUT2D eigenvalue weighted by molar-refractivity contribution is 0.457. The predicted molar refractivity (Wildman–Crippen MR) is 65.3 cm³/mol. The summed E-state index contributed by atoms with van der Waals surface area (Å²) in [6, 6.07) is 4.92. The maximum atomic E-state index is 13.7. The standard InChI is InChI=1S/C12H15BrFN/c1-3-6-12(2,8-15)10-7-9(13)4-5-11(10)14/h3-5,7H,1,6,8,15H2,2H3. The van der Waals surface area contributed by atoms with Gasteiger partial charge >= 0.3 is 0 Å². The van der Waals surface area contributed by atoms with E-state index in [4.69, 9.17) is 5.73 Å². The maximum absolute atomic E-state index is 13.7. The SMILES string of the molecule is C=CCC(C)(CN)c1cc(Br)ccc1F. The van der Waals surface area contributed by atoms with E-state index in [-0.39, 0.29) is 11.2 Å². The van der Waals surface area contributed by atoms with Crippen molar-refractivity contribution in [3.63, 3.8) is 0 Å². The van der Waals surface area contributed by atoms with E-state index in [0.29, 0.717) is 18.5 Å². The fourth-order valence-corrected chi connectivity index (χ4v) is 1.94. The largest absolute Gasteiger partial charge is 0.330 e. The van der Waals surface area contributed by atoms with E-state index in [9.17, 15) is 4.39 Å². The molecule has 3 heteroatoms. The third kappa shape index (κ3) is 2.67. The Balaban J connectivity index is 3.21. The van der Waals surface area contributed by atoms with Crippen LogP contribution in [-0.4, -0.2) is 6.54 Å². The number of allylic oxidation sites excluding steroid dienone is 1. The molecule has 0 fully saturated rings. The lowest BCUT2D eigenvalue weighted by Gasteiger charge is -2.27. The molecule has 0 radical (unpaired) electrons. The minimum Gasteiger partial charge on any atom is -0.330 e. The fourth-order valence-electron chi connectivity index (χ4n) is 1.58. The lowest BCUT2D eigenvalue weighted by Crippen LogP contribution is -2.32. The molecule has 1 aromatic rings. The van der Waals surface area contributed by atoms with Crippen LogP contribution in [0.25, 0.3) is 0 Å². The van der Waals surface area contributed by atoms with Crippen molar-refractivity contribution < 1.29 is 4.39 Å². The van der Waals surface area contributed by atoms with Crippen molar-refractivity contribution in [1.82, 2.24) is 0 Å². The summed E-state index contributed by atoms with van der Waals surface area (Å²) in [5, 5.41) is 0. The molecule has 0 spiro atoms. The summed E-state index contributed by atoms with van der Waals surface area (Å²) in [4.78, 5) is 0. The van der Waals surface area contributed by atoms with Gasteiger partial charge in [-0.25, -0.2) is 4.39 Å². The molecule has 0 saturated heterocycles. The first-order valence-electron chi connectivity index (χ1n) is 4.80. The number of nitrogens with two attached hydrogens (primary N) is 1. The van der Waals surface area contributed by atoms with Crippen LogP contribution in [0, 0.1) is 5.82 Å². The summed E-state index contributed by atoms with van der Waals surface area (Å²) in [5.41, 5.74) is 5.97. The Morgan fingerprint density at radius 3 is 2.80 bits per heavy atom. The Labute approximate surface area is 98.3 Å². The lowest BCUT2D eigenvalue weighted by atomic mass is 9.79. The molecule has 1 unspecified atom stereocenters. The van der Waals surface area contributed by atoms with Crippen molar-refractivity contribution in [1.29, 1.82) is 0 Å². The molecule has 0 aliphatic carbocycles. The molecule has 1 aromatic carbocycles. The smallest absolute Gasteiger partial charge is 0.127 e. The summed E-state index contributed by atoms with van der Waals surface area (Å²) < 4.78 is 14.5. The number of rotatable bonds is 4. The van der Waals surface area contributed by atoms with E-state index >= 15 is 0 Å². The highest BCUT2D eigenvalue weighted by Crippen LogP contribution is 2.31. The first-order valence-corrected chi connectivity index (χ1v) is 5.59. The van der Waals surface area contributed by atoms with E-state index < -0.39 is 0 Å². The highest BCUT2D eigenvalue weighted by Gasteiger charge is 2.26. The Hall–Kier alpha value is -0.670. The van der Waals surface area contributed by atoms with Gasteiger partial charge in [0.15, 0.2) is 0 Å². The van der Waals surface area contributed by atoms with Gasteiger partial charge < -0.3 is 5.73 Å². The van der Waals surface area contributed by atoms with E-state index in [1.165, 1.54) is 6.07 Å². The number of hydrogen-bond acceptors (Lipinski definition) is 1. The molecule has 1 rings (SSSR count). The van der Waals surface area contributed by atoms with Crippen molar-refractivity contribution in [2.24, 2.45) is 5.73 Å². The first-order chi connectivity index (χ1) is 7.03. The minimum absolute atomic E-state index is 0.215. The molecule has 0 saturated carbocycles. The van der Waals surface area contributed by atoms with Crippen molar-refractivity contribution in [2.75, 3.05) is 6.54 Å². The number of hydrogen-bond donors (Lipinski definition) is 1. The van der Waals surface area contributed by atoms with Crippen molar-refractivity contribution >= 4 is 15.9 Å². The van der Waals surface area contributed by atoms with Gasteiger partial charge in [0.25, 0.3) is 0 Å². The number of halogens is 2. The summed E-state index contributed by atoms with van der Waals surface area (Å²) in [6.45, 7) is 6.02. The molecule has 0 bridgehead atoms. The van der Waals surface area contributed by atoms with Crippen molar-refractivity contribution in [3.05, 3.63) is 46.7 Å². The Kier molecular flexibility index (Phi) is 4.05. The van der Waals surface area contributed by atoms with Crippen molar-refractivity contribution in [2.45, 2.75) is 18.8 Å². The average Bonchev–Trinajstić information content (AvgIpc) is 2.22. The zero-order valence-corrected chi connectivity index (χ0v) is 10.3. The van der Waals surface area contributed by atoms with Crippen LogP contribution in [0.5, 0.6) is 0 Å². The van der Waals surface area contributed by atoms with Crippen LogP contribution >= 0.6 is 15.9 Å². The van der Waals surface area contributed by atoms with Crippen LogP contribution in [0.15, 0.2) is 35.3 Å². The molecule has 0 aliphatic heterocycles. The minimum atomic E-state index is -0.379. The molecular weight excluding hydrogens is 257 g/mol. The van der Waals surface area contributed by atoms with Crippen LogP contribution in [0.3, 0.4) is 0 Å². The molecule has 1 atom stereocenters. The molecule has 0 heterocycles.